The van der Waals surface area contributed by atoms with Crippen LogP contribution in [-0.4, -0.2) is 66.4 Å². The van der Waals surface area contributed by atoms with Crippen molar-refractivity contribution in [2.24, 2.45) is 0 Å². The smallest absolute Gasteiger partial charge is 0.225 e. The minimum Gasteiger partial charge on any atom is -0.496 e. The summed E-state index contributed by atoms with van der Waals surface area (Å²) in [5.41, 5.74) is 4.22. The van der Waals surface area contributed by atoms with E-state index in [0.29, 0.717) is 5.92 Å². The molecule has 0 spiro atoms. The maximum atomic E-state index is 5.55. The number of likely N-dealkylation sites (tertiary alicyclic amines) is 1. The normalized spacial score (nSPS) is 19.4. The maximum absolute atomic E-state index is 5.55. The monoisotopic (exact) mass is 445 g/mol. The Morgan fingerprint density at radius 2 is 1.88 bits per heavy atom. The third kappa shape index (κ3) is 5.15. The van der Waals surface area contributed by atoms with Crippen molar-refractivity contribution in [3.8, 4) is 17.0 Å². The first-order chi connectivity index (χ1) is 16.3. The van der Waals surface area contributed by atoms with Crippen LogP contribution in [0.5, 0.6) is 5.75 Å². The molecule has 0 radical (unpaired) electrons. The summed E-state index contributed by atoms with van der Waals surface area (Å²) >= 11 is 0. The lowest BCUT2D eigenvalue weighted by Crippen LogP contribution is -2.38. The molecule has 2 fully saturated rings. The van der Waals surface area contributed by atoms with Crippen LogP contribution in [0.15, 0.2) is 54.7 Å². The second-order valence-corrected chi connectivity index (χ2v) is 8.67. The van der Waals surface area contributed by atoms with Crippen LogP contribution in [0.2, 0.25) is 0 Å². The van der Waals surface area contributed by atoms with Gasteiger partial charge in [0.2, 0.25) is 5.95 Å². The molecule has 0 amide bonds. The first kappa shape index (κ1) is 21.8. The number of morpholine rings is 1. The van der Waals surface area contributed by atoms with Gasteiger partial charge in [-0.1, -0.05) is 18.2 Å². The molecule has 2 aliphatic heterocycles. The summed E-state index contributed by atoms with van der Waals surface area (Å²) in [6.45, 7) is 6.08. The van der Waals surface area contributed by atoms with E-state index in [1.807, 2.05) is 30.5 Å². The zero-order valence-corrected chi connectivity index (χ0v) is 19.2. The van der Waals surface area contributed by atoms with Crippen LogP contribution in [-0.2, 0) is 11.3 Å². The number of anilines is 1. The number of benzene rings is 1. The van der Waals surface area contributed by atoms with Gasteiger partial charge in [0.05, 0.1) is 31.7 Å². The van der Waals surface area contributed by atoms with Crippen LogP contribution in [0.4, 0.5) is 5.95 Å². The molecule has 0 N–H and O–H groups in total. The number of para-hydroxylation sites is 1. The zero-order chi connectivity index (χ0) is 22.5. The fraction of sp³-hybridized carbons (Fsp3) is 0.423. The number of nitrogens with zero attached hydrogens (tertiary/aromatic N) is 5. The highest BCUT2D eigenvalue weighted by Gasteiger charge is 2.24. The molecule has 0 unspecified atom stereocenters. The van der Waals surface area contributed by atoms with Gasteiger partial charge >= 0.3 is 0 Å². The van der Waals surface area contributed by atoms with Crippen LogP contribution in [0, 0.1) is 0 Å². The van der Waals surface area contributed by atoms with Gasteiger partial charge in [0.1, 0.15) is 5.75 Å². The first-order valence-corrected chi connectivity index (χ1v) is 11.8. The molecule has 0 bridgehead atoms. The first-order valence-electron chi connectivity index (χ1n) is 11.8. The SMILES string of the molecule is COc1ccccc1-c1cccc([C@H]2CCCN(Cc3ccnc(N4CCOCC4)n3)C2)n1. The molecule has 33 heavy (non-hydrogen) atoms. The molecule has 1 atom stereocenters. The van der Waals surface area contributed by atoms with E-state index in [4.69, 9.17) is 19.4 Å². The molecule has 172 valence electrons. The molecule has 0 aliphatic carbocycles. The van der Waals surface area contributed by atoms with E-state index in [0.717, 1.165) is 93.1 Å². The van der Waals surface area contributed by atoms with Gasteiger partial charge in [-0.3, -0.25) is 9.88 Å². The van der Waals surface area contributed by atoms with Crippen molar-refractivity contribution in [2.45, 2.75) is 25.3 Å². The van der Waals surface area contributed by atoms with E-state index < -0.39 is 0 Å². The standard InChI is InChI=1S/C26H31N5O2/c1-32-25-10-3-2-7-22(25)24-9-4-8-23(29-24)20-6-5-13-30(18-20)19-21-11-12-27-26(28-21)31-14-16-33-17-15-31/h2-4,7-12,20H,5-6,13-19H2,1H3/t20-/m0/s1. The van der Waals surface area contributed by atoms with Gasteiger partial charge < -0.3 is 14.4 Å². The summed E-state index contributed by atoms with van der Waals surface area (Å²) in [5, 5.41) is 0. The number of methoxy groups -OCH3 is 1. The van der Waals surface area contributed by atoms with E-state index in [2.05, 4.69) is 39.0 Å². The van der Waals surface area contributed by atoms with E-state index in [1.54, 1.807) is 7.11 Å². The fourth-order valence-corrected chi connectivity index (χ4v) is 4.74. The van der Waals surface area contributed by atoms with Crippen LogP contribution < -0.4 is 9.64 Å². The molecular formula is C26H31N5O2. The van der Waals surface area contributed by atoms with Crippen LogP contribution >= 0.6 is 0 Å². The van der Waals surface area contributed by atoms with Crippen LogP contribution in [0.3, 0.4) is 0 Å². The second-order valence-electron chi connectivity index (χ2n) is 8.67. The van der Waals surface area contributed by atoms with E-state index >= 15 is 0 Å². The number of ether oxygens (including phenoxy) is 2. The minimum atomic E-state index is 0.411. The van der Waals surface area contributed by atoms with Crippen molar-refractivity contribution in [3.05, 3.63) is 66.1 Å². The largest absolute Gasteiger partial charge is 0.496 e. The molecule has 3 aromatic rings. The van der Waals surface area contributed by atoms with Gasteiger partial charge in [-0.05, 0) is 49.7 Å². The lowest BCUT2D eigenvalue weighted by molar-refractivity contribution is 0.122. The highest BCUT2D eigenvalue weighted by atomic mass is 16.5. The molecule has 7 nitrogen and oxygen atoms in total. The quantitative estimate of drug-likeness (QED) is 0.572. The summed E-state index contributed by atoms with van der Waals surface area (Å²) in [6.07, 6.45) is 4.20. The number of hydrogen-bond acceptors (Lipinski definition) is 7. The maximum Gasteiger partial charge on any atom is 0.225 e. The fourth-order valence-electron chi connectivity index (χ4n) is 4.74. The third-order valence-electron chi connectivity index (χ3n) is 6.46. The van der Waals surface area contributed by atoms with E-state index in [1.165, 1.54) is 0 Å². The van der Waals surface area contributed by atoms with Gasteiger partial charge in [0.15, 0.2) is 0 Å². The Morgan fingerprint density at radius 3 is 2.76 bits per heavy atom. The Kier molecular flexibility index (Phi) is 6.79. The highest BCUT2D eigenvalue weighted by Crippen LogP contribution is 2.31. The van der Waals surface area contributed by atoms with Crippen molar-refractivity contribution in [1.29, 1.82) is 0 Å². The number of piperidine rings is 1. The van der Waals surface area contributed by atoms with Gasteiger partial charge in [0.25, 0.3) is 0 Å². The summed E-state index contributed by atoms with van der Waals surface area (Å²) in [5.74, 6) is 2.08. The molecule has 0 saturated carbocycles. The van der Waals surface area contributed by atoms with Crippen molar-refractivity contribution >= 4 is 5.95 Å². The van der Waals surface area contributed by atoms with Crippen molar-refractivity contribution in [2.75, 3.05) is 51.4 Å². The topological polar surface area (TPSA) is 63.6 Å². The Balaban J connectivity index is 1.29. The average molecular weight is 446 g/mol. The third-order valence-corrected chi connectivity index (χ3v) is 6.46. The van der Waals surface area contributed by atoms with E-state index in [-0.39, 0.29) is 0 Å². The zero-order valence-electron chi connectivity index (χ0n) is 19.2. The Morgan fingerprint density at radius 1 is 1.00 bits per heavy atom. The number of pyridine rings is 1. The Labute approximate surface area is 195 Å². The molecule has 1 aromatic carbocycles. The number of rotatable bonds is 6. The predicted molar refractivity (Wildman–Crippen MR) is 129 cm³/mol. The van der Waals surface area contributed by atoms with Crippen molar-refractivity contribution in [1.82, 2.24) is 19.9 Å². The number of hydrogen-bond donors (Lipinski definition) is 0. The molecule has 2 aromatic heterocycles. The summed E-state index contributed by atoms with van der Waals surface area (Å²) in [7, 11) is 1.71. The molecule has 2 saturated heterocycles. The van der Waals surface area contributed by atoms with E-state index in [9.17, 15) is 0 Å². The predicted octanol–water partition coefficient (Wildman–Crippen LogP) is 3.76. The number of aromatic nitrogens is 3. The van der Waals surface area contributed by atoms with Crippen molar-refractivity contribution in [3.63, 3.8) is 0 Å². The molecule has 4 heterocycles. The summed E-state index contributed by atoms with van der Waals surface area (Å²) in [4.78, 5) is 19.1. The summed E-state index contributed by atoms with van der Waals surface area (Å²) in [6, 6.07) is 16.4. The Hall–Kier alpha value is -3.03. The van der Waals surface area contributed by atoms with Gasteiger partial charge in [-0.15, -0.1) is 0 Å². The van der Waals surface area contributed by atoms with Crippen LogP contribution in [0.1, 0.15) is 30.1 Å². The molecule has 2 aliphatic rings. The lowest BCUT2D eigenvalue weighted by atomic mass is 9.93. The lowest BCUT2D eigenvalue weighted by Gasteiger charge is -2.32. The van der Waals surface area contributed by atoms with Gasteiger partial charge in [0, 0.05) is 49.6 Å². The molecule has 5 rings (SSSR count). The highest BCUT2D eigenvalue weighted by molar-refractivity contribution is 5.67. The van der Waals surface area contributed by atoms with Gasteiger partial charge in [-0.25, -0.2) is 9.97 Å². The molecular weight excluding hydrogens is 414 g/mol. The van der Waals surface area contributed by atoms with Crippen LogP contribution in [0.25, 0.3) is 11.3 Å². The second kappa shape index (κ2) is 10.3. The molecule has 7 heteroatoms. The average Bonchev–Trinajstić information content (AvgIpc) is 2.89. The van der Waals surface area contributed by atoms with Crippen molar-refractivity contribution < 1.29 is 9.47 Å². The Bertz CT molecular complexity index is 1070. The van der Waals surface area contributed by atoms with Gasteiger partial charge in [-0.2, -0.15) is 0 Å². The summed E-state index contributed by atoms with van der Waals surface area (Å²) < 4.78 is 11.0. The minimum absolute atomic E-state index is 0.411.